The summed E-state index contributed by atoms with van der Waals surface area (Å²) < 4.78 is 0. The van der Waals surface area contributed by atoms with E-state index >= 15 is 0 Å². The molecule has 1 aromatic carbocycles. The molecule has 1 fully saturated rings. The van der Waals surface area contributed by atoms with Crippen LogP contribution in [0.4, 0.5) is 5.82 Å². The molecule has 4 atom stereocenters. The molecule has 1 spiro atoms. The minimum Gasteiger partial charge on any atom is -0.351 e. The van der Waals surface area contributed by atoms with Crippen molar-refractivity contribution in [1.82, 2.24) is 20.6 Å². The van der Waals surface area contributed by atoms with Crippen molar-refractivity contribution < 1.29 is 14.4 Å². The second-order valence-corrected chi connectivity index (χ2v) is 9.70. The van der Waals surface area contributed by atoms with Crippen molar-refractivity contribution in [2.45, 2.75) is 49.6 Å². The summed E-state index contributed by atoms with van der Waals surface area (Å²) in [5, 5.41) is 8.79. The largest absolute Gasteiger partial charge is 0.351 e. The van der Waals surface area contributed by atoms with Crippen LogP contribution in [0.15, 0.2) is 60.9 Å². The predicted molar refractivity (Wildman–Crippen MR) is 129 cm³/mol. The van der Waals surface area contributed by atoms with Crippen LogP contribution in [-0.2, 0) is 27.8 Å². The first kappa shape index (κ1) is 21.5. The zero-order valence-corrected chi connectivity index (χ0v) is 19.2. The van der Waals surface area contributed by atoms with Gasteiger partial charge in [-0.05, 0) is 43.0 Å². The quantitative estimate of drug-likeness (QED) is 0.547. The molecular formula is C27H25N5O3. The fourth-order valence-corrected chi connectivity index (χ4v) is 5.72. The molecule has 0 radical (unpaired) electrons. The maximum Gasteiger partial charge on any atom is 0.253 e. The molecule has 3 aliphatic rings. The van der Waals surface area contributed by atoms with Crippen molar-refractivity contribution in [2.24, 2.45) is 0 Å². The van der Waals surface area contributed by atoms with E-state index in [1.54, 1.807) is 12.3 Å². The number of nitrogens with zero attached hydrogens (tertiary/aromatic N) is 2. The zero-order chi connectivity index (χ0) is 24.2. The van der Waals surface area contributed by atoms with Gasteiger partial charge in [-0.1, -0.05) is 36.4 Å². The second kappa shape index (κ2) is 8.01. The molecule has 0 saturated carbocycles. The molecule has 4 heterocycles. The molecule has 3 N–H and O–H groups in total. The average molecular weight is 468 g/mol. The van der Waals surface area contributed by atoms with Crippen molar-refractivity contribution in [3.8, 4) is 0 Å². The van der Waals surface area contributed by atoms with Gasteiger partial charge in [-0.25, -0.2) is 4.98 Å². The lowest BCUT2D eigenvalue weighted by Gasteiger charge is -2.35. The van der Waals surface area contributed by atoms with Gasteiger partial charge in [-0.3, -0.25) is 19.4 Å². The van der Waals surface area contributed by atoms with E-state index in [4.69, 9.17) is 0 Å². The van der Waals surface area contributed by atoms with Gasteiger partial charge in [-0.15, -0.1) is 0 Å². The first-order chi connectivity index (χ1) is 16.9. The number of benzene rings is 1. The van der Waals surface area contributed by atoms with Gasteiger partial charge in [0, 0.05) is 42.0 Å². The third kappa shape index (κ3) is 3.48. The summed E-state index contributed by atoms with van der Waals surface area (Å²) in [5.74, 6) is 0.0780. The summed E-state index contributed by atoms with van der Waals surface area (Å²) in [6.45, 7) is 1.99. The Morgan fingerprint density at radius 2 is 1.91 bits per heavy atom. The number of carbonyl (C=O) groups excluding carboxylic acids is 3. The lowest BCUT2D eigenvalue weighted by molar-refractivity contribution is -0.125. The molecule has 35 heavy (non-hydrogen) atoms. The number of hydrogen-bond donors (Lipinski definition) is 3. The van der Waals surface area contributed by atoms with Gasteiger partial charge in [-0.2, -0.15) is 0 Å². The standard InChI is InChI=1S/C27H25N5O3/c1-15-19(16-6-3-2-4-7-16)11-21(25(34)30-15)31-24(33)18-10-17-12-27(13-22(17)29-14-18)20-8-5-9-28-23(20)32-26(27)35/h2-10,14-15,19,21H,11-13H2,1H3,(H,30,34)(H,31,33)(H,28,32,35)/t15-,19-,21+,27+/m1/s1. The highest BCUT2D eigenvalue weighted by molar-refractivity contribution is 6.06. The van der Waals surface area contributed by atoms with Crippen LogP contribution in [-0.4, -0.2) is 39.8 Å². The van der Waals surface area contributed by atoms with Crippen LogP contribution in [0.3, 0.4) is 0 Å². The van der Waals surface area contributed by atoms with E-state index in [1.807, 2.05) is 49.4 Å². The molecular weight excluding hydrogens is 442 g/mol. The number of fused-ring (bicyclic) bond motifs is 3. The maximum absolute atomic E-state index is 13.1. The summed E-state index contributed by atoms with van der Waals surface area (Å²) in [5.41, 5.74) is 3.32. The van der Waals surface area contributed by atoms with E-state index < -0.39 is 11.5 Å². The van der Waals surface area contributed by atoms with Crippen LogP contribution in [0.1, 0.15) is 52.0 Å². The molecule has 3 aromatic rings. The Morgan fingerprint density at radius 1 is 1.09 bits per heavy atom. The van der Waals surface area contributed by atoms with Crippen LogP contribution in [0.2, 0.25) is 0 Å². The van der Waals surface area contributed by atoms with E-state index in [0.717, 1.165) is 22.4 Å². The molecule has 176 valence electrons. The first-order valence-corrected chi connectivity index (χ1v) is 11.9. The van der Waals surface area contributed by atoms with E-state index in [-0.39, 0.29) is 29.7 Å². The molecule has 1 saturated heterocycles. The van der Waals surface area contributed by atoms with E-state index in [0.29, 0.717) is 30.6 Å². The number of hydrogen-bond acceptors (Lipinski definition) is 5. The average Bonchev–Trinajstić information content (AvgIpc) is 3.38. The SMILES string of the molecule is C[C@H]1NC(=O)[C@@H](NC(=O)c2cnc3c(c2)C[C@@]2(C3)C(=O)Nc3ncccc32)C[C@H]1c1ccccc1. The number of carbonyl (C=O) groups is 3. The highest BCUT2D eigenvalue weighted by Crippen LogP contribution is 2.46. The molecule has 8 nitrogen and oxygen atoms in total. The lowest BCUT2D eigenvalue weighted by atomic mass is 9.80. The van der Waals surface area contributed by atoms with Crippen LogP contribution < -0.4 is 16.0 Å². The molecule has 8 heteroatoms. The number of aromatic nitrogens is 2. The van der Waals surface area contributed by atoms with E-state index in [9.17, 15) is 14.4 Å². The van der Waals surface area contributed by atoms with Gasteiger partial charge in [0.25, 0.3) is 5.91 Å². The van der Waals surface area contributed by atoms with Crippen molar-refractivity contribution in [2.75, 3.05) is 5.32 Å². The molecule has 0 bridgehead atoms. The van der Waals surface area contributed by atoms with E-state index in [2.05, 4.69) is 25.9 Å². The third-order valence-corrected chi connectivity index (χ3v) is 7.59. The van der Waals surface area contributed by atoms with Gasteiger partial charge >= 0.3 is 0 Å². The smallest absolute Gasteiger partial charge is 0.253 e. The minimum absolute atomic E-state index is 0.0224. The van der Waals surface area contributed by atoms with Crippen LogP contribution >= 0.6 is 0 Å². The Hall–Kier alpha value is -4.07. The Labute approximate surface area is 202 Å². The normalized spacial score (nSPS) is 26.6. The number of pyridine rings is 2. The Morgan fingerprint density at radius 3 is 2.74 bits per heavy atom. The van der Waals surface area contributed by atoms with Crippen LogP contribution in [0, 0.1) is 0 Å². The van der Waals surface area contributed by atoms with Gasteiger partial charge in [0.2, 0.25) is 11.8 Å². The highest BCUT2D eigenvalue weighted by atomic mass is 16.2. The molecule has 1 aliphatic carbocycles. The topological polar surface area (TPSA) is 113 Å². The number of nitrogens with one attached hydrogen (secondary N) is 3. The summed E-state index contributed by atoms with van der Waals surface area (Å²) in [6, 6.07) is 14.9. The summed E-state index contributed by atoms with van der Waals surface area (Å²) >= 11 is 0. The van der Waals surface area contributed by atoms with Gasteiger partial charge in [0.15, 0.2) is 0 Å². The number of piperidine rings is 1. The monoisotopic (exact) mass is 467 g/mol. The Bertz CT molecular complexity index is 1360. The lowest BCUT2D eigenvalue weighted by Crippen LogP contribution is -2.56. The fourth-order valence-electron chi connectivity index (χ4n) is 5.72. The molecule has 2 aliphatic heterocycles. The molecule has 2 aromatic heterocycles. The van der Waals surface area contributed by atoms with Crippen LogP contribution in [0.25, 0.3) is 0 Å². The minimum atomic E-state index is -0.740. The molecule has 3 amide bonds. The summed E-state index contributed by atoms with van der Waals surface area (Å²) in [4.78, 5) is 47.5. The highest BCUT2D eigenvalue weighted by Gasteiger charge is 2.51. The van der Waals surface area contributed by atoms with Crippen molar-refractivity contribution >= 4 is 23.5 Å². The number of rotatable bonds is 3. The van der Waals surface area contributed by atoms with Gasteiger partial charge in [0.05, 0.1) is 11.0 Å². The van der Waals surface area contributed by atoms with Crippen molar-refractivity contribution in [1.29, 1.82) is 0 Å². The van der Waals surface area contributed by atoms with Gasteiger partial charge in [0.1, 0.15) is 11.9 Å². The van der Waals surface area contributed by atoms with E-state index in [1.165, 1.54) is 6.20 Å². The van der Waals surface area contributed by atoms with Crippen LogP contribution in [0.5, 0.6) is 0 Å². The predicted octanol–water partition coefficient (Wildman–Crippen LogP) is 2.26. The molecule has 0 unspecified atom stereocenters. The number of anilines is 1. The fraction of sp³-hybridized carbons (Fsp3) is 0.296. The summed E-state index contributed by atoms with van der Waals surface area (Å²) in [7, 11) is 0. The van der Waals surface area contributed by atoms with Gasteiger partial charge < -0.3 is 16.0 Å². The summed E-state index contributed by atoms with van der Waals surface area (Å²) in [6.07, 6.45) is 4.64. The maximum atomic E-state index is 13.1. The zero-order valence-electron chi connectivity index (χ0n) is 19.2. The second-order valence-electron chi connectivity index (χ2n) is 9.70. The Kier molecular flexibility index (Phi) is 4.91. The van der Waals surface area contributed by atoms with Crippen molar-refractivity contribution in [3.63, 3.8) is 0 Å². The third-order valence-electron chi connectivity index (χ3n) is 7.59. The molecule has 6 rings (SSSR count). The van der Waals surface area contributed by atoms with Crippen molar-refractivity contribution in [3.05, 3.63) is 88.9 Å². The first-order valence-electron chi connectivity index (χ1n) is 11.9. The Balaban J connectivity index is 1.21. The number of amides is 3.